The summed E-state index contributed by atoms with van der Waals surface area (Å²) in [6, 6.07) is 12.0. The van der Waals surface area contributed by atoms with Gasteiger partial charge in [-0.1, -0.05) is 0 Å². The van der Waals surface area contributed by atoms with E-state index < -0.39 is 5.97 Å². The molecule has 0 amide bonds. The fraction of sp³-hybridized carbons (Fsp3) is 0.125. The Morgan fingerprint density at radius 2 is 1.82 bits per heavy atom. The lowest BCUT2D eigenvalue weighted by Gasteiger charge is -2.06. The molecule has 0 aliphatic heterocycles. The van der Waals surface area contributed by atoms with Crippen LogP contribution < -0.4 is 9.47 Å². The Balaban J connectivity index is 2.15. The van der Waals surface area contributed by atoms with Gasteiger partial charge in [-0.25, -0.2) is 4.79 Å². The quantitative estimate of drug-likeness (QED) is 0.801. The fourth-order valence-electron chi connectivity index (χ4n) is 2.28. The summed E-state index contributed by atoms with van der Waals surface area (Å²) < 4.78 is 12.3. The summed E-state index contributed by atoms with van der Waals surface area (Å²) in [7, 11) is 3.17. The normalized spacial score (nSPS) is 10.6. The molecule has 0 bridgehead atoms. The van der Waals surface area contributed by atoms with Crippen LogP contribution in [0.4, 0.5) is 0 Å². The van der Waals surface area contributed by atoms with Crippen LogP contribution in [0, 0.1) is 0 Å². The maximum Gasteiger partial charge on any atom is 0.335 e. The molecule has 6 heteroatoms. The van der Waals surface area contributed by atoms with Crippen LogP contribution in [0.15, 0.2) is 42.5 Å². The number of carboxylic acid groups (broad SMARTS) is 1. The molecule has 0 unspecified atom stereocenters. The predicted octanol–water partition coefficient (Wildman–Crippen LogP) is 2.74. The number of methoxy groups -OCH3 is 2. The van der Waals surface area contributed by atoms with Gasteiger partial charge in [0.2, 0.25) is 5.88 Å². The lowest BCUT2D eigenvalue weighted by molar-refractivity contribution is 0.0697. The lowest BCUT2D eigenvalue weighted by atomic mass is 10.2. The zero-order valence-electron chi connectivity index (χ0n) is 12.1. The Morgan fingerprint density at radius 3 is 2.41 bits per heavy atom. The second-order valence-electron chi connectivity index (χ2n) is 4.66. The molecule has 0 aliphatic carbocycles. The largest absolute Gasteiger partial charge is 0.497 e. The van der Waals surface area contributed by atoms with E-state index in [0.29, 0.717) is 11.6 Å². The first kappa shape index (κ1) is 13.9. The fourth-order valence-corrected chi connectivity index (χ4v) is 2.28. The monoisotopic (exact) mass is 298 g/mol. The summed E-state index contributed by atoms with van der Waals surface area (Å²) in [5.41, 5.74) is 1.71. The maximum atomic E-state index is 10.9. The highest BCUT2D eigenvalue weighted by atomic mass is 16.5. The first-order chi connectivity index (χ1) is 10.6. The summed E-state index contributed by atoms with van der Waals surface area (Å²) in [6.07, 6.45) is 0. The topological polar surface area (TPSA) is 73.6 Å². The number of ether oxygens (including phenoxy) is 2. The molecular weight excluding hydrogens is 284 g/mol. The highest BCUT2D eigenvalue weighted by molar-refractivity contribution is 5.88. The van der Waals surface area contributed by atoms with Gasteiger partial charge in [0.1, 0.15) is 5.75 Å². The highest BCUT2D eigenvalue weighted by Gasteiger charge is 2.14. The van der Waals surface area contributed by atoms with E-state index in [1.54, 1.807) is 31.0 Å². The molecule has 6 nitrogen and oxygen atoms in total. The molecule has 0 spiro atoms. The first-order valence-corrected chi connectivity index (χ1v) is 6.58. The molecule has 3 rings (SSSR count). The number of hydrogen-bond acceptors (Lipinski definition) is 4. The third-order valence-corrected chi connectivity index (χ3v) is 3.39. The van der Waals surface area contributed by atoms with Crippen molar-refractivity contribution in [3.8, 4) is 17.3 Å². The van der Waals surface area contributed by atoms with E-state index in [2.05, 4.69) is 5.10 Å². The molecule has 2 aromatic carbocycles. The van der Waals surface area contributed by atoms with E-state index in [0.717, 1.165) is 16.6 Å². The average molecular weight is 298 g/mol. The summed E-state index contributed by atoms with van der Waals surface area (Å²) in [5.74, 6) is 0.317. The van der Waals surface area contributed by atoms with Gasteiger partial charge in [0.05, 0.1) is 36.4 Å². The number of rotatable bonds is 4. The molecule has 22 heavy (non-hydrogen) atoms. The van der Waals surface area contributed by atoms with Crippen LogP contribution >= 0.6 is 0 Å². The molecule has 0 saturated heterocycles. The van der Waals surface area contributed by atoms with Crippen molar-refractivity contribution in [2.24, 2.45) is 0 Å². The van der Waals surface area contributed by atoms with Crippen LogP contribution in [-0.4, -0.2) is 35.1 Å². The standard InChI is InChI=1S/C16H14N2O4/c1-21-12-7-8-14-13(9-12)15(22-2)18(17-14)11-5-3-10(4-6-11)16(19)20/h3-9H,1-2H3,(H,19,20). The van der Waals surface area contributed by atoms with Crippen molar-refractivity contribution in [1.29, 1.82) is 0 Å². The van der Waals surface area contributed by atoms with E-state index in [1.165, 1.54) is 12.1 Å². The van der Waals surface area contributed by atoms with Crippen LogP contribution in [0.5, 0.6) is 11.6 Å². The summed E-state index contributed by atoms with van der Waals surface area (Å²) >= 11 is 0. The van der Waals surface area contributed by atoms with E-state index >= 15 is 0 Å². The minimum absolute atomic E-state index is 0.223. The molecule has 1 N–H and O–H groups in total. The Kier molecular flexibility index (Phi) is 3.42. The van der Waals surface area contributed by atoms with Crippen molar-refractivity contribution in [2.75, 3.05) is 14.2 Å². The van der Waals surface area contributed by atoms with Crippen LogP contribution in [0.25, 0.3) is 16.6 Å². The summed E-state index contributed by atoms with van der Waals surface area (Å²) in [5, 5.41) is 14.3. The second-order valence-corrected chi connectivity index (χ2v) is 4.66. The van der Waals surface area contributed by atoms with Gasteiger partial charge in [-0.2, -0.15) is 9.78 Å². The van der Waals surface area contributed by atoms with Crippen molar-refractivity contribution < 1.29 is 19.4 Å². The summed E-state index contributed by atoms with van der Waals surface area (Å²) in [6.45, 7) is 0. The van der Waals surface area contributed by atoms with Crippen molar-refractivity contribution in [3.63, 3.8) is 0 Å². The molecule has 0 fully saturated rings. The van der Waals surface area contributed by atoms with E-state index in [1.807, 2.05) is 18.2 Å². The number of carboxylic acids is 1. The summed E-state index contributed by atoms with van der Waals surface area (Å²) in [4.78, 5) is 10.9. The second kappa shape index (κ2) is 5.40. The Labute approximate surface area is 126 Å². The zero-order valence-corrected chi connectivity index (χ0v) is 12.1. The number of fused-ring (bicyclic) bond motifs is 1. The van der Waals surface area contributed by atoms with Gasteiger partial charge in [-0.15, -0.1) is 0 Å². The number of benzene rings is 2. The number of nitrogens with zero attached hydrogens (tertiary/aromatic N) is 2. The molecule has 1 aromatic heterocycles. The van der Waals surface area contributed by atoms with Crippen molar-refractivity contribution in [3.05, 3.63) is 48.0 Å². The molecule has 3 aromatic rings. The van der Waals surface area contributed by atoms with E-state index in [-0.39, 0.29) is 5.56 Å². The predicted molar refractivity (Wildman–Crippen MR) is 81.1 cm³/mol. The van der Waals surface area contributed by atoms with Gasteiger partial charge in [-0.3, -0.25) is 0 Å². The zero-order chi connectivity index (χ0) is 15.7. The van der Waals surface area contributed by atoms with Crippen molar-refractivity contribution >= 4 is 16.9 Å². The SMILES string of the molecule is COc1ccc2nn(-c3ccc(C(=O)O)cc3)c(OC)c2c1. The molecular formula is C16H14N2O4. The van der Waals surface area contributed by atoms with E-state index in [4.69, 9.17) is 14.6 Å². The number of hydrogen-bond donors (Lipinski definition) is 1. The molecule has 0 saturated carbocycles. The third-order valence-electron chi connectivity index (χ3n) is 3.39. The smallest absolute Gasteiger partial charge is 0.335 e. The van der Waals surface area contributed by atoms with Crippen molar-refractivity contribution in [1.82, 2.24) is 9.78 Å². The Bertz CT molecular complexity index is 837. The number of aromatic carboxylic acids is 1. The number of carbonyl (C=O) groups is 1. The third kappa shape index (κ3) is 2.24. The van der Waals surface area contributed by atoms with Gasteiger partial charge in [0.25, 0.3) is 0 Å². The van der Waals surface area contributed by atoms with Gasteiger partial charge < -0.3 is 14.6 Å². The highest BCUT2D eigenvalue weighted by Crippen LogP contribution is 2.31. The molecule has 0 aliphatic rings. The molecule has 1 heterocycles. The van der Waals surface area contributed by atoms with Crippen LogP contribution in [0.3, 0.4) is 0 Å². The minimum atomic E-state index is -0.964. The molecule has 0 atom stereocenters. The van der Waals surface area contributed by atoms with Gasteiger partial charge in [-0.05, 0) is 42.5 Å². The molecule has 112 valence electrons. The van der Waals surface area contributed by atoms with Gasteiger partial charge >= 0.3 is 5.97 Å². The Morgan fingerprint density at radius 1 is 1.09 bits per heavy atom. The van der Waals surface area contributed by atoms with E-state index in [9.17, 15) is 4.79 Å². The maximum absolute atomic E-state index is 10.9. The average Bonchev–Trinajstić information content (AvgIpc) is 2.92. The van der Waals surface area contributed by atoms with Gasteiger partial charge in [0, 0.05) is 0 Å². The van der Waals surface area contributed by atoms with Gasteiger partial charge in [0.15, 0.2) is 0 Å². The molecule has 0 radical (unpaired) electrons. The number of aromatic nitrogens is 2. The van der Waals surface area contributed by atoms with Crippen LogP contribution in [-0.2, 0) is 0 Å². The van der Waals surface area contributed by atoms with Crippen LogP contribution in [0.1, 0.15) is 10.4 Å². The minimum Gasteiger partial charge on any atom is -0.497 e. The lowest BCUT2D eigenvalue weighted by Crippen LogP contribution is -2.01. The van der Waals surface area contributed by atoms with Crippen LogP contribution in [0.2, 0.25) is 0 Å². The first-order valence-electron chi connectivity index (χ1n) is 6.58. The van der Waals surface area contributed by atoms with Crippen molar-refractivity contribution in [2.45, 2.75) is 0 Å². The Hall–Kier alpha value is -3.02.